The molecular formula is C58H64FN9O2S. The molecular weight excluding hydrogens is 906 g/mol. The average Bonchev–Trinajstić information content (AvgIpc) is 3.62. The van der Waals surface area contributed by atoms with Gasteiger partial charge in [0.05, 0.1) is 52.9 Å². The Labute approximate surface area is 422 Å². The Balaban J connectivity index is 0.000000148. The summed E-state index contributed by atoms with van der Waals surface area (Å²) in [5.74, 6) is 0. The number of nitrogens with zero attached hydrogens (tertiary/aromatic N) is 9. The third kappa shape index (κ3) is 17.8. The van der Waals surface area contributed by atoms with Crippen molar-refractivity contribution in [2.24, 2.45) is 0 Å². The number of aryl methyl sites for hydroxylation is 15. The van der Waals surface area contributed by atoms with Gasteiger partial charge in [-0.3, -0.25) is 34.4 Å². The monoisotopic (exact) mass is 969 g/mol. The summed E-state index contributed by atoms with van der Waals surface area (Å²) in [6.07, 6.45) is 29.3. The van der Waals surface area contributed by atoms with Gasteiger partial charge in [0, 0.05) is 41.0 Å². The number of aromatic nitrogens is 6. The van der Waals surface area contributed by atoms with Crippen LogP contribution in [0.4, 0.5) is 4.39 Å². The van der Waals surface area contributed by atoms with Crippen LogP contribution in [0, 0.1) is 39.7 Å². The zero-order valence-corrected chi connectivity index (χ0v) is 42.3. The van der Waals surface area contributed by atoms with Crippen LogP contribution in [0.25, 0.3) is 0 Å². The highest BCUT2D eigenvalue weighted by Crippen LogP contribution is 2.25. The number of thiazole rings is 1. The van der Waals surface area contributed by atoms with Crippen LogP contribution in [-0.2, 0) is 89.9 Å². The molecule has 0 saturated heterocycles. The Morgan fingerprint density at radius 3 is 1.13 bits per heavy atom. The molecule has 8 aliphatic rings. The van der Waals surface area contributed by atoms with Crippen molar-refractivity contribution in [1.82, 2.24) is 29.9 Å². The lowest BCUT2D eigenvalue weighted by Crippen LogP contribution is -2.13. The summed E-state index contributed by atoms with van der Waals surface area (Å²) in [6.45, 7) is 3.41. The summed E-state index contributed by atoms with van der Waals surface area (Å²) in [6, 6.07) is 33.4. The number of nitriles is 2. The summed E-state index contributed by atoms with van der Waals surface area (Å²) in [5.41, 5.74) is 21.3. The van der Waals surface area contributed by atoms with Crippen molar-refractivity contribution in [3.8, 4) is 12.1 Å². The normalized spacial score (nSPS) is 13.4. The maximum Gasteiger partial charge on any atom is 0.194 e. The van der Waals surface area contributed by atoms with Crippen LogP contribution in [0.3, 0.4) is 0 Å². The summed E-state index contributed by atoms with van der Waals surface area (Å²) >= 11 is 1.78. The maximum atomic E-state index is 9.50. The molecule has 0 fully saturated rings. The first-order valence-corrected chi connectivity index (χ1v) is 25.1. The minimum atomic E-state index is -0.500. The number of fused-ring (bicyclic) bond motifs is 7. The zero-order valence-electron chi connectivity index (χ0n) is 41.5. The Morgan fingerprint density at radius 2 is 0.915 bits per heavy atom. The SMILES string of the molecule is C1=CCC1.CC#N.CF.C[N+](=O)[O-].Cc1cnc2c(n1)CC2.N#Cc1ccc2c(n1)CC2.c1ccc2c(c1)CC2.c1ccc2c(c1)CC2.c1ccc2c(c1)CC2.c1cnc2c(n1)CC2.c1nc2c(s1)CC2. The quantitative estimate of drug-likeness (QED) is 0.0810. The van der Waals surface area contributed by atoms with Gasteiger partial charge in [-0.05, 0) is 155 Å². The van der Waals surface area contributed by atoms with Gasteiger partial charge >= 0.3 is 0 Å². The van der Waals surface area contributed by atoms with Crippen molar-refractivity contribution in [3.05, 3.63) is 221 Å². The molecule has 3 aromatic carbocycles. The van der Waals surface area contributed by atoms with Crippen molar-refractivity contribution in [2.75, 3.05) is 14.2 Å². The molecule has 11 nitrogen and oxygen atoms in total. The zero-order chi connectivity index (χ0) is 50.6. The van der Waals surface area contributed by atoms with Crippen LogP contribution in [0.1, 0.15) is 109 Å². The number of hydrogen-bond acceptors (Lipinski definition) is 11. The van der Waals surface area contributed by atoms with E-state index in [9.17, 15) is 4.39 Å². The third-order valence-electron chi connectivity index (χ3n) is 12.3. The molecule has 8 aliphatic carbocycles. The van der Waals surface area contributed by atoms with E-state index >= 15 is 0 Å². The van der Waals surface area contributed by atoms with Gasteiger partial charge < -0.3 is 0 Å². The molecule has 366 valence electrons. The predicted molar refractivity (Wildman–Crippen MR) is 281 cm³/mol. The van der Waals surface area contributed by atoms with Crippen molar-refractivity contribution in [1.29, 1.82) is 10.5 Å². The summed E-state index contributed by atoms with van der Waals surface area (Å²) < 4.78 is 9.50. The predicted octanol–water partition coefficient (Wildman–Crippen LogP) is 11.5. The van der Waals surface area contributed by atoms with Crippen LogP contribution >= 0.6 is 11.3 Å². The Kier molecular flexibility index (Phi) is 23.3. The molecule has 0 amide bonds. The number of allylic oxidation sites excluding steroid dienone is 2. The second-order valence-corrected chi connectivity index (χ2v) is 17.9. The van der Waals surface area contributed by atoms with E-state index in [2.05, 4.69) is 115 Å². The largest absolute Gasteiger partial charge is 0.265 e. The van der Waals surface area contributed by atoms with Gasteiger partial charge in [-0.2, -0.15) is 10.5 Å². The molecule has 0 spiro atoms. The molecule has 71 heavy (non-hydrogen) atoms. The molecule has 0 unspecified atom stereocenters. The molecule has 0 N–H and O–H groups in total. The lowest BCUT2D eigenvalue weighted by molar-refractivity contribution is -0.445. The van der Waals surface area contributed by atoms with E-state index in [-0.39, 0.29) is 0 Å². The van der Waals surface area contributed by atoms with Gasteiger partial charge in [-0.15, -0.1) is 11.3 Å². The van der Waals surface area contributed by atoms with E-state index in [0.717, 1.165) is 57.0 Å². The summed E-state index contributed by atoms with van der Waals surface area (Å²) in [4.78, 5) is 34.8. The number of halogens is 1. The highest BCUT2D eigenvalue weighted by molar-refractivity contribution is 7.09. The number of hydrogen-bond donors (Lipinski definition) is 0. The fraction of sp³-hybridized carbons (Fsp3) is 0.345. The highest BCUT2D eigenvalue weighted by atomic mass is 32.1. The maximum absolute atomic E-state index is 9.50. The molecule has 15 rings (SSSR count). The lowest BCUT2D eigenvalue weighted by Gasteiger charge is -2.16. The number of nitro groups is 1. The smallest absolute Gasteiger partial charge is 0.194 e. The average molecular weight is 970 g/mol. The van der Waals surface area contributed by atoms with Crippen LogP contribution in [0.15, 0.2) is 121 Å². The number of pyridine rings is 1. The minimum absolute atomic E-state index is 0.500. The van der Waals surface area contributed by atoms with Crippen LogP contribution in [-0.4, -0.2) is 49.1 Å². The minimum Gasteiger partial charge on any atom is -0.265 e. The van der Waals surface area contributed by atoms with Crippen LogP contribution in [0.2, 0.25) is 0 Å². The second-order valence-electron chi connectivity index (χ2n) is 17.0. The fourth-order valence-corrected chi connectivity index (χ4v) is 8.16. The van der Waals surface area contributed by atoms with Crippen molar-refractivity contribution >= 4 is 11.3 Å². The molecule has 4 heterocycles. The lowest BCUT2D eigenvalue weighted by atomic mass is 9.89. The standard InChI is InChI=1S/C8H6N2.3C8H8.C7H8N2.C6H6N2.C5H5NS.C4H6.C2H3N.CH3F.CH3NO2/c9-5-7-3-1-6-2-4-8(6)10-7;3*1-2-4-8-6-5-7(8)3-1;1-5-4-8-6-2-3-7(6)9-5;1-2-6-5(1)7-3-4-8-6;1-2-5-4(1)6-3-7-5;1-2-4-3-1;1-2-3;1-2;1-2(3)4/h1,3H,2,4H2;3*1-4H,5-6H2;4H,2-3H2,1H3;3-4H,1-2H2;3H,1-2H2;1-2H,3-4H2;1H3;1H3;1H3. The van der Waals surface area contributed by atoms with Gasteiger partial charge in [-0.1, -0.05) is 91.0 Å². The first-order chi connectivity index (χ1) is 34.7. The summed E-state index contributed by atoms with van der Waals surface area (Å²) in [5, 5.41) is 24.6. The van der Waals surface area contributed by atoms with Crippen LogP contribution in [0.5, 0.6) is 0 Å². The topological polar surface area (TPSA) is 168 Å². The van der Waals surface area contributed by atoms with Gasteiger partial charge in [0.15, 0.2) is 7.05 Å². The highest BCUT2D eigenvalue weighted by Gasteiger charge is 2.17. The van der Waals surface area contributed by atoms with E-state index < -0.39 is 4.92 Å². The van der Waals surface area contributed by atoms with Crippen molar-refractivity contribution in [3.63, 3.8) is 0 Å². The van der Waals surface area contributed by atoms with Gasteiger partial charge in [0.25, 0.3) is 0 Å². The molecule has 0 atom stereocenters. The summed E-state index contributed by atoms with van der Waals surface area (Å²) in [7, 11) is 1.39. The van der Waals surface area contributed by atoms with Gasteiger partial charge in [-0.25, -0.2) is 9.97 Å². The van der Waals surface area contributed by atoms with Gasteiger partial charge in [0.2, 0.25) is 0 Å². The van der Waals surface area contributed by atoms with Crippen molar-refractivity contribution in [2.45, 2.75) is 117 Å². The van der Waals surface area contributed by atoms with E-state index in [0.29, 0.717) is 12.9 Å². The van der Waals surface area contributed by atoms with Gasteiger partial charge in [0.1, 0.15) is 11.8 Å². The van der Waals surface area contributed by atoms with E-state index in [1.165, 1.54) is 110 Å². The molecule has 0 radical (unpaired) electrons. The molecule has 0 aliphatic heterocycles. The number of benzene rings is 3. The van der Waals surface area contributed by atoms with E-state index in [1.807, 2.05) is 30.8 Å². The molecule has 4 aromatic heterocycles. The fourth-order valence-electron chi connectivity index (χ4n) is 7.34. The molecule has 7 aromatic rings. The van der Waals surface area contributed by atoms with E-state index in [4.69, 9.17) is 20.6 Å². The van der Waals surface area contributed by atoms with E-state index in [1.54, 1.807) is 69.2 Å². The Hall–Kier alpha value is -7.35. The Morgan fingerprint density at radius 1 is 0.535 bits per heavy atom. The number of alkyl halides is 1. The molecule has 13 heteroatoms. The third-order valence-corrected chi connectivity index (χ3v) is 13.2. The Bertz CT molecular complexity index is 2570. The molecule has 0 saturated carbocycles. The first-order valence-electron chi connectivity index (χ1n) is 24.3. The second kappa shape index (κ2) is 30.3. The van der Waals surface area contributed by atoms with Crippen molar-refractivity contribution < 1.29 is 9.31 Å². The first kappa shape index (κ1) is 54.6. The number of rotatable bonds is 0. The van der Waals surface area contributed by atoms with Crippen LogP contribution < -0.4 is 0 Å². The molecule has 0 bridgehead atoms.